The van der Waals surface area contributed by atoms with Crippen molar-refractivity contribution in [1.82, 2.24) is 4.98 Å². The summed E-state index contributed by atoms with van der Waals surface area (Å²) in [5.74, 6) is 0. The van der Waals surface area contributed by atoms with E-state index in [0.717, 1.165) is 0 Å². The number of alkyl halides is 1. The Morgan fingerprint density at radius 1 is 1.55 bits per heavy atom. The predicted octanol–water partition coefficient (Wildman–Crippen LogP) is 3.20. The van der Waals surface area contributed by atoms with E-state index in [9.17, 15) is 4.39 Å². The molecule has 3 heteroatoms. The lowest BCUT2D eigenvalue weighted by Crippen LogP contribution is -2.13. The van der Waals surface area contributed by atoms with Crippen molar-refractivity contribution in [3.8, 4) is 0 Å². The molecule has 1 unspecified atom stereocenters. The molecule has 0 fully saturated rings. The van der Waals surface area contributed by atoms with E-state index < -0.39 is 6.17 Å². The van der Waals surface area contributed by atoms with E-state index in [1.165, 1.54) is 11.3 Å². The molecular weight excluding hydrogens is 161 g/mol. The summed E-state index contributed by atoms with van der Waals surface area (Å²) in [5.41, 5.74) is -0.335. The third kappa shape index (κ3) is 1.99. The van der Waals surface area contributed by atoms with E-state index in [0.29, 0.717) is 5.01 Å². The van der Waals surface area contributed by atoms with Crippen molar-refractivity contribution in [1.29, 1.82) is 0 Å². The number of hydrogen-bond acceptors (Lipinski definition) is 2. The summed E-state index contributed by atoms with van der Waals surface area (Å²) in [5, 5.41) is 2.38. The number of nitrogens with zero attached hydrogens (tertiary/aromatic N) is 1. The highest BCUT2D eigenvalue weighted by molar-refractivity contribution is 7.09. The van der Waals surface area contributed by atoms with E-state index in [2.05, 4.69) is 4.98 Å². The van der Waals surface area contributed by atoms with Crippen LogP contribution in [0.4, 0.5) is 4.39 Å². The van der Waals surface area contributed by atoms with E-state index in [4.69, 9.17) is 0 Å². The molecule has 1 rings (SSSR count). The second kappa shape index (κ2) is 2.89. The average molecular weight is 173 g/mol. The fraction of sp³-hybridized carbons (Fsp3) is 0.625. The first-order valence-electron chi connectivity index (χ1n) is 3.55. The van der Waals surface area contributed by atoms with Crippen LogP contribution in [0.3, 0.4) is 0 Å². The summed E-state index contributed by atoms with van der Waals surface area (Å²) >= 11 is 1.37. The maximum Gasteiger partial charge on any atom is 0.156 e. The van der Waals surface area contributed by atoms with Crippen molar-refractivity contribution in [3.05, 3.63) is 16.6 Å². The lowest BCUT2D eigenvalue weighted by molar-refractivity contribution is 0.164. The standard InChI is InChI=1S/C8H12FNS/c1-8(2,3)6(9)7-10-4-5-11-7/h4-6H,1-3H3. The van der Waals surface area contributed by atoms with Crippen molar-refractivity contribution in [2.45, 2.75) is 26.9 Å². The highest BCUT2D eigenvalue weighted by Crippen LogP contribution is 2.36. The molecule has 1 aromatic heterocycles. The van der Waals surface area contributed by atoms with Crippen LogP contribution in [0.25, 0.3) is 0 Å². The van der Waals surface area contributed by atoms with Crippen LogP contribution < -0.4 is 0 Å². The fourth-order valence-electron chi connectivity index (χ4n) is 0.730. The second-order valence-electron chi connectivity index (χ2n) is 3.60. The molecule has 0 aromatic carbocycles. The molecule has 0 aliphatic carbocycles. The molecule has 0 saturated heterocycles. The number of halogens is 1. The smallest absolute Gasteiger partial charge is 0.156 e. The maximum atomic E-state index is 13.4. The van der Waals surface area contributed by atoms with Crippen LogP contribution in [0, 0.1) is 5.41 Å². The number of rotatable bonds is 1. The monoisotopic (exact) mass is 173 g/mol. The average Bonchev–Trinajstić information content (AvgIpc) is 2.34. The van der Waals surface area contributed by atoms with Crippen molar-refractivity contribution >= 4 is 11.3 Å². The van der Waals surface area contributed by atoms with Gasteiger partial charge in [0.15, 0.2) is 6.17 Å². The minimum atomic E-state index is -0.942. The Morgan fingerprint density at radius 3 is 2.55 bits per heavy atom. The van der Waals surface area contributed by atoms with Crippen LogP contribution >= 0.6 is 11.3 Å². The minimum absolute atomic E-state index is 0.335. The van der Waals surface area contributed by atoms with Gasteiger partial charge in [0.05, 0.1) is 0 Å². The minimum Gasteiger partial charge on any atom is -0.247 e. The van der Waals surface area contributed by atoms with Crippen molar-refractivity contribution < 1.29 is 4.39 Å². The lowest BCUT2D eigenvalue weighted by Gasteiger charge is -2.21. The Hall–Kier alpha value is -0.440. The van der Waals surface area contributed by atoms with E-state index in [-0.39, 0.29) is 5.41 Å². The maximum absolute atomic E-state index is 13.4. The molecule has 11 heavy (non-hydrogen) atoms. The van der Waals surface area contributed by atoms with Gasteiger partial charge in [-0.15, -0.1) is 11.3 Å². The first-order chi connectivity index (χ1) is 5.02. The van der Waals surface area contributed by atoms with Crippen LogP contribution in [0.15, 0.2) is 11.6 Å². The van der Waals surface area contributed by atoms with Gasteiger partial charge in [-0.3, -0.25) is 0 Å². The SMILES string of the molecule is CC(C)(C)C(F)c1nccs1. The number of aromatic nitrogens is 1. The summed E-state index contributed by atoms with van der Waals surface area (Å²) in [6.45, 7) is 5.62. The molecule has 1 heterocycles. The zero-order chi connectivity index (χ0) is 8.48. The number of hydrogen-bond donors (Lipinski definition) is 0. The molecule has 0 aliphatic rings. The largest absolute Gasteiger partial charge is 0.247 e. The van der Waals surface area contributed by atoms with Gasteiger partial charge in [-0.25, -0.2) is 9.37 Å². The summed E-state index contributed by atoms with van der Waals surface area (Å²) in [6.07, 6.45) is 0.695. The molecule has 0 aliphatic heterocycles. The molecule has 1 aromatic rings. The topological polar surface area (TPSA) is 12.9 Å². The summed E-state index contributed by atoms with van der Waals surface area (Å²) in [6, 6.07) is 0. The van der Waals surface area contributed by atoms with Gasteiger partial charge in [-0.1, -0.05) is 20.8 Å². The Balaban J connectivity index is 2.78. The number of thiazole rings is 1. The zero-order valence-corrected chi connectivity index (χ0v) is 7.78. The van der Waals surface area contributed by atoms with Gasteiger partial charge in [0.1, 0.15) is 5.01 Å². The molecule has 0 N–H and O–H groups in total. The summed E-state index contributed by atoms with van der Waals surface area (Å²) in [4.78, 5) is 3.93. The third-order valence-electron chi connectivity index (χ3n) is 1.43. The molecule has 0 amide bonds. The van der Waals surface area contributed by atoms with E-state index in [1.54, 1.807) is 11.6 Å². The van der Waals surface area contributed by atoms with Gasteiger partial charge < -0.3 is 0 Å². The van der Waals surface area contributed by atoms with Crippen LogP contribution in [0.2, 0.25) is 0 Å². The van der Waals surface area contributed by atoms with Crippen molar-refractivity contribution in [2.24, 2.45) is 5.41 Å². The van der Waals surface area contributed by atoms with Gasteiger partial charge in [0, 0.05) is 11.6 Å². The van der Waals surface area contributed by atoms with Gasteiger partial charge >= 0.3 is 0 Å². The van der Waals surface area contributed by atoms with Gasteiger partial charge in [0.25, 0.3) is 0 Å². The normalized spacial score (nSPS) is 14.9. The highest BCUT2D eigenvalue weighted by Gasteiger charge is 2.27. The van der Waals surface area contributed by atoms with Crippen LogP contribution in [0.1, 0.15) is 32.0 Å². The molecule has 0 radical (unpaired) electrons. The Kier molecular flexibility index (Phi) is 2.28. The quantitative estimate of drug-likeness (QED) is 0.635. The summed E-state index contributed by atoms with van der Waals surface area (Å²) < 4.78 is 13.4. The second-order valence-corrected chi connectivity index (χ2v) is 4.53. The van der Waals surface area contributed by atoms with Crippen LogP contribution in [-0.2, 0) is 0 Å². The first-order valence-corrected chi connectivity index (χ1v) is 4.43. The van der Waals surface area contributed by atoms with Crippen LogP contribution in [-0.4, -0.2) is 4.98 Å². The van der Waals surface area contributed by atoms with E-state index in [1.807, 2.05) is 20.8 Å². The van der Waals surface area contributed by atoms with Crippen molar-refractivity contribution in [3.63, 3.8) is 0 Å². The Labute approximate surface area is 70.3 Å². The molecule has 62 valence electrons. The van der Waals surface area contributed by atoms with Crippen LogP contribution in [0.5, 0.6) is 0 Å². The van der Waals surface area contributed by atoms with Gasteiger partial charge in [-0.2, -0.15) is 0 Å². The lowest BCUT2D eigenvalue weighted by atomic mass is 9.91. The molecule has 0 spiro atoms. The van der Waals surface area contributed by atoms with E-state index >= 15 is 0 Å². The highest BCUT2D eigenvalue weighted by atomic mass is 32.1. The van der Waals surface area contributed by atoms with Crippen molar-refractivity contribution in [2.75, 3.05) is 0 Å². The molecule has 0 bridgehead atoms. The molecular formula is C8H12FNS. The fourth-order valence-corrected chi connectivity index (χ4v) is 1.59. The van der Waals surface area contributed by atoms with Gasteiger partial charge in [0.2, 0.25) is 0 Å². The predicted molar refractivity (Wildman–Crippen MR) is 45.4 cm³/mol. The molecule has 1 nitrogen and oxygen atoms in total. The molecule has 0 saturated carbocycles. The Bertz CT molecular complexity index is 212. The first kappa shape index (κ1) is 8.65. The Morgan fingerprint density at radius 2 is 2.18 bits per heavy atom. The molecule has 1 atom stereocenters. The summed E-state index contributed by atoms with van der Waals surface area (Å²) in [7, 11) is 0. The van der Waals surface area contributed by atoms with Gasteiger partial charge in [-0.05, 0) is 5.41 Å². The third-order valence-corrected chi connectivity index (χ3v) is 2.24. The zero-order valence-electron chi connectivity index (χ0n) is 6.97.